The number of nitro benzene ring substituents is 1. The third-order valence-corrected chi connectivity index (χ3v) is 4.02. The molecular formula is C19H24N4O2. The van der Waals surface area contributed by atoms with Crippen LogP contribution >= 0.6 is 0 Å². The van der Waals surface area contributed by atoms with Crippen molar-refractivity contribution >= 4 is 11.6 Å². The molecule has 6 nitrogen and oxygen atoms in total. The summed E-state index contributed by atoms with van der Waals surface area (Å²) in [5.41, 5.74) is 3.60. The molecule has 2 aromatic carbocycles. The van der Waals surface area contributed by atoms with E-state index >= 15 is 0 Å². The van der Waals surface area contributed by atoms with Crippen molar-refractivity contribution in [3.8, 4) is 0 Å². The van der Waals surface area contributed by atoms with Crippen LogP contribution in [-0.4, -0.2) is 24.5 Å². The second kappa shape index (κ2) is 8.82. The number of non-ortho nitro benzene ring substituents is 1. The molecule has 1 unspecified atom stereocenters. The molecule has 0 aliphatic heterocycles. The minimum Gasteiger partial charge on any atom is -0.356 e. The number of aliphatic imine (C=N–C) groups is 1. The topological polar surface area (TPSA) is 79.6 Å². The Kier molecular flexibility index (Phi) is 6.51. The summed E-state index contributed by atoms with van der Waals surface area (Å²) in [6, 6.07) is 15.0. The summed E-state index contributed by atoms with van der Waals surface area (Å²) in [6.07, 6.45) is 0. The number of hydrogen-bond acceptors (Lipinski definition) is 3. The van der Waals surface area contributed by atoms with Crippen LogP contribution in [0.25, 0.3) is 0 Å². The number of rotatable bonds is 6. The molecule has 0 aromatic heterocycles. The van der Waals surface area contributed by atoms with Crippen molar-refractivity contribution in [1.82, 2.24) is 10.6 Å². The molecule has 0 saturated carbocycles. The third kappa shape index (κ3) is 5.60. The highest BCUT2D eigenvalue weighted by molar-refractivity contribution is 5.79. The van der Waals surface area contributed by atoms with Gasteiger partial charge in [0.15, 0.2) is 5.96 Å². The first-order valence-corrected chi connectivity index (χ1v) is 8.24. The Morgan fingerprint density at radius 3 is 2.52 bits per heavy atom. The number of nitrogens with zero attached hydrogens (tertiary/aromatic N) is 2. The summed E-state index contributed by atoms with van der Waals surface area (Å²) in [5.74, 6) is 1.07. The minimum atomic E-state index is -0.398. The van der Waals surface area contributed by atoms with Crippen LogP contribution in [-0.2, 0) is 6.54 Å². The molecule has 2 aromatic rings. The SMILES string of the molecule is CN=C(NCc1ccc([N+](=O)[O-])cc1)NCC(C)c1cccc(C)c1. The molecular weight excluding hydrogens is 316 g/mol. The molecule has 6 heteroatoms. The van der Waals surface area contributed by atoms with Crippen LogP contribution in [0.2, 0.25) is 0 Å². The first kappa shape index (κ1) is 18.4. The highest BCUT2D eigenvalue weighted by atomic mass is 16.6. The Balaban J connectivity index is 1.85. The van der Waals surface area contributed by atoms with Gasteiger partial charge in [0.2, 0.25) is 0 Å². The Hall–Kier alpha value is -2.89. The number of nitrogens with one attached hydrogen (secondary N) is 2. The summed E-state index contributed by atoms with van der Waals surface area (Å²) in [7, 11) is 1.72. The lowest BCUT2D eigenvalue weighted by Gasteiger charge is -2.17. The standard InChI is InChI=1S/C19H24N4O2/c1-14-5-4-6-17(11-14)15(2)12-21-19(20-3)22-13-16-7-9-18(10-8-16)23(24)25/h4-11,15H,12-13H2,1-3H3,(H2,20,21,22). The molecule has 0 aliphatic rings. The van der Waals surface area contributed by atoms with Crippen molar-refractivity contribution < 1.29 is 4.92 Å². The van der Waals surface area contributed by atoms with Crippen molar-refractivity contribution in [2.24, 2.45) is 4.99 Å². The van der Waals surface area contributed by atoms with E-state index in [0.717, 1.165) is 12.1 Å². The van der Waals surface area contributed by atoms with Gasteiger partial charge in [-0.05, 0) is 24.0 Å². The molecule has 0 amide bonds. The fourth-order valence-electron chi connectivity index (χ4n) is 2.49. The van der Waals surface area contributed by atoms with Gasteiger partial charge in [0, 0.05) is 32.3 Å². The van der Waals surface area contributed by atoms with E-state index < -0.39 is 4.92 Å². The molecule has 0 heterocycles. The van der Waals surface area contributed by atoms with Crippen LogP contribution in [0, 0.1) is 17.0 Å². The van der Waals surface area contributed by atoms with Crippen LogP contribution in [0.15, 0.2) is 53.5 Å². The largest absolute Gasteiger partial charge is 0.356 e. The van der Waals surface area contributed by atoms with Gasteiger partial charge in [0.25, 0.3) is 5.69 Å². The van der Waals surface area contributed by atoms with Gasteiger partial charge in [-0.15, -0.1) is 0 Å². The molecule has 2 rings (SSSR count). The van der Waals surface area contributed by atoms with Crippen molar-refractivity contribution in [3.63, 3.8) is 0 Å². The molecule has 0 radical (unpaired) electrons. The highest BCUT2D eigenvalue weighted by Gasteiger charge is 2.08. The Bertz CT molecular complexity index is 741. The van der Waals surface area contributed by atoms with Crippen LogP contribution in [0.4, 0.5) is 5.69 Å². The quantitative estimate of drug-likeness (QED) is 0.366. The molecule has 0 saturated heterocycles. The highest BCUT2D eigenvalue weighted by Crippen LogP contribution is 2.15. The number of benzene rings is 2. The van der Waals surface area contributed by atoms with Crippen LogP contribution < -0.4 is 10.6 Å². The fraction of sp³-hybridized carbons (Fsp3) is 0.316. The van der Waals surface area contributed by atoms with E-state index in [1.807, 2.05) is 0 Å². The van der Waals surface area contributed by atoms with Crippen LogP contribution in [0.3, 0.4) is 0 Å². The number of guanidine groups is 1. The fourth-order valence-corrected chi connectivity index (χ4v) is 2.49. The Labute approximate surface area is 148 Å². The van der Waals surface area contributed by atoms with Gasteiger partial charge in [-0.25, -0.2) is 0 Å². The number of aryl methyl sites for hydroxylation is 1. The van der Waals surface area contributed by atoms with Crippen LogP contribution in [0.1, 0.15) is 29.5 Å². The molecule has 0 spiro atoms. The summed E-state index contributed by atoms with van der Waals surface area (Å²) in [4.78, 5) is 14.5. The number of nitro groups is 1. The number of hydrogen-bond donors (Lipinski definition) is 2. The van der Waals surface area contributed by atoms with E-state index in [1.54, 1.807) is 19.2 Å². The van der Waals surface area contributed by atoms with Gasteiger partial charge >= 0.3 is 0 Å². The van der Waals surface area contributed by atoms with Gasteiger partial charge in [-0.2, -0.15) is 0 Å². The van der Waals surface area contributed by atoms with Gasteiger partial charge in [0.05, 0.1) is 4.92 Å². The maximum atomic E-state index is 10.7. The van der Waals surface area contributed by atoms with Gasteiger partial charge < -0.3 is 10.6 Å². The zero-order valence-corrected chi connectivity index (χ0v) is 14.8. The van der Waals surface area contributed by atoms with Crippen molar-refractivity contribution in [1.29, 1.82) is 0 Å². The molecule has 0 fully saturated rings. The van der Waals surface area contributed by atoms with Crippen molar-refractivity contribution in [2.45, 2.75) is 26.3 Å². The molecule has 2 N–H and O–H groups in total. The van der Waals surface area contributed by atoms with Crippen molar-refractivity contribution in [2.75, 3.05) is 13.6 Å². The Morgan fingerprint density at radius 1 is 1.20 bits per heavy atom. The monoisotopic (exact) mass is 340 g/mol. The lowest BCUT2D eigenvalue weighted by Crippen LogP contribution is -2.38. The maximum Gasteiger partial charge on any atom is 0.269 e. The lowest BCUT2D eigenvalue weighted by molar-refractivity contribution is -0.384. The molecule has 0 bridgehead atoms. The first-order valence-electron chi connectivity index (χ1n) is 8.24. The van der Waals surface area contributed by atoms with Crippen molar-refractivity contribution in [3.05, 3.63) is 75.3 Å². The van der Waals surface area contributed by atoms with E-state index in [4.69, 9.17) is 0 Å². The normalized spacial score (nSPS) is 12.5. The molecule has 0 aliphatic carbocycles. The average molecular weight is 340 g/mol. The van der Waals surface area contributed by atoms with E-state index in [2.05, 4.69) is 53.7 Å². The molecule has 25 heavy (non-hydrogen) atoms. The minimum absolute atomic E-state index is 0.0956. The van der Waals surface area contributed by atoms with E-state index in [-0.39, 0.29) is 5.69 Å². The average Bonchev–Trinajstić information content (AvgIpc) is 2.62. The summed E-state index contributed by atoms with van der Waals surface area (Å²) in [5, 5.41) is 17.2. The predicted molar refractivity (Wildman–Crippen MR) is 101 cm³/mol. The second-order valence-electron chi connectivity index (χ2n) is 6.05. The third-order valence-electron chi connectivity index (χ3n) is 4.02. The maximum absolute atomic E-state index is 10.7. The second-order valence-corrected chi connectivity index (χ2v) is 6.05. The first-order chi connectivity index (χ1) is 12.0. The van der Waals surface area contributed by atoms with E-state index in [1.165, 1.54) is 23.3 Å². The summed E-state index contributed by atoms with van der Waals surface area (Å²) in [6.45, 7) is 5.58. The smallest absolute Gasteiger partial charge is 0.269 e. The zero-order valence-electron chi connectivity index (χ0n) is 14.8. The lowest BCUT2D eigenvalue weighted by atomic mass is 9.99. The zero-order chi connectivity index (χ0) is 18.2. The summed E-state index contributed by atoms with van der Waals surface area (Å²) < 4.78 is 0. The van der Waals surface area contributed by atoms with Gasteiger partial charge in [-0.1, -0.05) is 48.9 Å². The van der Waals surface area contributed by atoms with Gasteiger partial charge in [0.1, 0.15) is 0 Å². The molecule has 132 valence electrons. The van der Waals surface area contributed by atoms with Gasteiger partial charge in [-0.3, -0.25) is 15.1 Å². The predicted octanol–water partition coefficient (Wildman–Crippen LogP) is 3.37. The van der Waals surface area contributed by atoms with Crippen LogP contribution in [0.5, 0.6) is 0 Å². The van der Waals surface area contributed by atoms with E-state index in [0.29, 0.717) is 18.4 Å². The molecule has 1 atom stereocenters. The summed E-state index contributed by atoms with van der Waals surface area (Å²) >= 11 is 0. The Morgan fingerprint density at radius 2 is 1.92 bits per heavy atom. The van der Waals surface area contributed by atoms with E-state index in [9.17, 15) is 10.1 Å².